The molecule has 0 aliphatic rings. The van der Waals surface area contributed by atoms with Crippen LogP contribution in [-0.2, 0) is 4.52 Å². The van der Waals surface area contributed by atoms with Crippen LogP contribution in [0.15, 0.2) is 0 Å². The second kappa shape index (κ2) is 4.31. The van der Waals surface area contributed by atoms with E-state index in [0.717, 1.165) is 6.61 Å². The fraction of sp³-hybridized carbons (Fsp3) is 1.00. The van der Waals surface area contributed by atoms with Gasteiger partial charge in [0.15, 0.2) is 0 Å². The predicted octanol–water partition coefficient (Wildman–Crippen LogP) is 2.87. The standard InChI is InChI=1S/C8H19OP/c1-7(6-9-10)5-8(2,3)4/h7H,5-6,10H2,1-4H3. The van der Waals surface area contributed by atoms with Crippen molar-refractivity contribution in [1.29, 1.82) is 0 Å². The minimum Gasteiger partial charge on any atom is -0.365 e. The van der Waals surface area contributed by atoms with E-state index in [4.69, 9.17) is 4.52 Å². The van der Waals surface area contributed by atoms with E-state index >= 15 is 0 Å². The van der Waals surface area contributed by atoms with Crippen LogP contribution in [0.4, 0.5) is 0 Å². The quantitative estimate of drug-likeness (QED) is 0.580. The van der Waals surface area contributed by atoms with E-state index in [1.54, 1.807) is 0 Å². The van der Waals surface area contributed by atoms with Gasteiger partial charge in [0.05, 0.1) is 6.61 Å². The van der Waals surface area contributed by atoms with Gasteiger partial charge in [-0.2, -0.15) is 0 Å². The van der Waals surface area contributed by atoms with E-state index in [1.807, 2.05) is 0 Å². The summed E-state index contributed by atoms with van der Waals surface area (Å²) in [5.74, 6) is 0.664. The molecule has 2 heteroatoms. The van der Waals surface area contributed by atoms with Crippen LogP contribution in [0, 0.1) is 11.3 Å². The summed E-state index contributed by atoms with van der Waals surface area (Å²) in [6.07, 6.45) is 1.22. The maximum absolute atomic E-state index is 4.97. The Hall–Kier alpha value is 0.390. The maximum Gasteiger partial charge on any atom is 0.0527 e. The minimum atomic E-state index is 0.433. The zero-order valence-electron chi connectivity index (χ0n) is 7.48. The van der Waals surface area contributed by atoms with E-state index in [-0.39, 0.29) is 0 Å². The van der Waals surface area contributed by atoms with Gasteiger partial charge in [0.25, 0.3) is 0 Å². The monoisotopic (exact) mass is 162 g/mol. The molecule has 0 saturated heterocycles. The van der Waals surface area contributed by atoms with E-state index in [9.17, 15) is 0 Å². The van der Waals surface area contributed by atoms with Gasteiger partial charge in [0.1, 0.15) is 0 Å². The molecule has 2 unspecified atom stereocenters. The summed E-state index contributed by atoms with van der Waals surface area (Å²) in [7, 11) is 2.29. The molecule has 0 heterocycles. The van der Waals surface area contributed by atoms with E-state index in [2.05, 4.69) is 37.2 Å². The van der Waals surface area contributed by atoms with Crippen LogP contribution in [0.5, 0.6) is 0 Å². The van der Waals surface area contributed by atoms with Crippen LogP contribution in [0.3, 0.4) is 0 Å². The molecule has 0 rings (SSSR count). The molecule has 0 aromatic carbocycles. The third kappa shape index (κ3) is 6.51. The SMILES string of the molecule is CC(COP)CC(C)(C)C. The summed E-state index contributed by atoms with van der Waals surface area (Å²) in [6.45, 7) is 9.84. The van der Waals surface area contributed by atoms with Crippen molar-refractivity contribution in [1.82, 2.24) is 0 Å². The topological polar surface area (TPSA) is 9.23 Å². The van der Waals surface area contributed by atoms with Gasteiger partial charge in [0.2, 0.25) is 0 Å². The summed E-state index contributed by atoms with van der Waals surface area (Å²) >= 11 is 0. The minimum absolute atomic E-state index is 0.433. The highest BCUT2D eigenvalue weighted by atomic mass is 31.0. The van der Waals surface area contributed by atoms with Crippen LogP contribution < -0.4 is 0 Å². The predicted molar refractivity (Wildman–Crippen MR) is 48.9 cm³/mol. The van der Waals surface area contributed by atoms with Crippen molar-refractivity contribution in [3.63, 3.8) is 0 Å². The second-order valence-corrected chi connectivity index (χ2v) is 4.54. The van der Waals surface area contributed by atoms with Gasteiger partial charge in [-0.25, -0.2) is 0 Å². The molecule has 1 nitrogen and oxygen atoms in total. The van der Waals surface area contributed by atoms with E-state index in [0.29, 0.717) is 11.3 Å². The van der Waals surface area contributed by atoms with Crippen molar-refractivity contribution >= 4 is 9.47 Å². The van der Waals surface area contributed by atoms with Crippen LogP contribution in [0.2, 0.25) is 0 Å². The lowest BCUT2D eigenvalue weighted by Crippen LogP contribution is -2.13. The highest BCUT2D eigenvalue weighted by molar-refractivity contribution is 7.09. The largest absolute Gasteiger partial charge is 0.365 e. The summed E-state index contributed by atoms with van der Waals surface area (Å²) in [5, 5.41) is 0. The molecule has 0 radical (unpaired) electrons. The zero-order chi connectivity index (χ0) is 8.20. The lowest BCUT2D eigenvalue weighted by Gasteiger charge is -2.22. The van der Waals surface area contributed by atoms with Crippen LogP contribution >= 0.6 is 9.47 Å². The van der Waals surface area contributed by atoms with Gasteiger partial charge < -0.3 is 4.52 Å². The fourth-order valence-electron chi connectivity index (χ4n) is 1.27. The molecule has 62 valence electrons. The second-order valence-electron chi connectivity index (χ2n) is 4.20. The number of hydrogen-bond acceptors (Lipinski definition) is 1. The fourth-order valence-corrected chi connectivity index (χ4v) is 1.60. The Morgan fingerprint density at radius 1 is 1.40 bits per heavy atom. The van der Waals surface area contributed by atoms with E-state index in [1.165, 1.54) is 6.42 Å². The Balaban J connectivity index is 3.47. The van der Waals surface area contributed by atoms with E-state index < -0.39 is 0 Å². The molecule has 2 atom stereocenters. The van der Waals surface area contributed by atoms with Crippen molar-refractivity contribution in [2.24, 2.45) is 11.3 Å². The van der Waals surface area contributed by atoms with Crippen molar-refractivity contribution in [3.8, 4) is 0 Å². The molecule has 0 aliphatic carbocycles. The van der Waals surface area contributed by atoms with Crippen molar-refractivity contribution in [2.75, 3.05) is 6.61 Å². The Morgan fingerprint density at radius 2 is 1.90 bits per heavy atom. The van der Waals surface area contributed by atoms with Crippen molar-refractivity contribution in [2.45, 2.75) is 34.1 Å². The molecular weight excluding hydrogens is 143 g/mol. The first-order valence-corrected chi connectivity index (χ1v) is 4.24. The van der Waals surface area contributed by atoms with Crippen LogP contribution in [0.1, 0.15) is 34.1 Å². The molecule has 0 aromatic rings. The van der Waals surface area contributed by atoms with Gasteiger partial charge in [-0.3, -0.25) is 0 Å². The highest BCUT2D eigenvalue weighted by Crippen LogP contribution is 2.24. The molecule has 0 saturated carbocycles. The zero-order valence-corrected chi connectivity index (χ0v) is 8.63. The van der Waals surface area contributed by atoms with Crippen molar-refractivity contribution < 1.29 is 4.52 Å². The molecular formula is C8H19OP. The third-order valence-corrected chi connectivity index (χ3v) is 1.53. The molecule has 0 aromatic heterocycles. The molecule has 0 spiro atoms. The maximum atomic E-state index is 4.97. The molecule has 0 aliphatic heterocycles. The Morgan fingerprint density at radius 3 is 2.20 bits per heavy atom. The van der Waals surface area contributed by atoms with Crippen molar-refractivity contribution in [3.05, 3.63) is 0 Å². The van der Waals surface area contributed by atoms with Crippen LogP contribution in [0.25, 0.3) is 0 Å². The lowest BCUT2D eigenvalue weighted by molar-refractivity contribution is 0.228. The van der Waals surface area contributed by atoms with Gasteiger partial charge in [-0.1, -0.05) is 27.7 Å². The highest BCUT2D eigenvalue weighted by Gasteiger charge is 2.14. The first kappa shape index (κ1) is 10.4. The summed E-state index contributed by atoms with van der Waals surface area (Å²) in [4.78, 5) is 0. The van der Waals surface area contributed by atoms with Gasteiger partial charge in [-0.05, 0) is 17.8 Å². The smallest absolute Gasteiger partial charge is 0.0527 e. The molecule has 0 N–H and O–H groups in total. The average Bonchev–Trinajstić information content (AvgIpc) is 1.59. The lowest BCUT2D eigenvalue weighted by atomic mass is 9.86. The number of rotatable bonds is 3. The van der Waals surface area contributed by atoms with Gasteiger partial charge in [0, 0.05) is 9.47 Å². The Kier molecular flexibility index (Phi) is 4.47. The third-order valence-electron chi connectivity index (χ3n) is 1.34. The first-order valence-electron chi connectivity index (χ1n) is 3.77. The molecule has 0 fully saturated rings. The average molecular weight is 162 g/mol. The summed E-state index contributed by atoms with van der Waals surface area (Å²) < 4.78 is 4.97. The Bertz CT molecular complexity index is 85.7. The Labute approximate surface area is 66.8 Å². The summed E-state index contributed by atoms with van der Waals surface area (Å²) in [6, 6.07) is 0. The number of hydrogen-bond donors (Lipinski definition) is 0. The summed E-state index contributed by atoms with van der Waals surface area (Å²) in [5.41, 5.74) is 0.433. The molecule has 0 bridgehead atoms. The first-order chi connectivity index (χ1) is 4.45. The normalized spacial score (nSPS) is 15.3. The van der Waals surface area contributed by atoms with Gasteiger partial charge in [-0.15, -0.1) is 0 Å². The molecule has 10 heavy (non-hydrogen) atoms. The molecule has 0 amide bonds. The van der Waals surface area contributed by atoms with Gasteiger partial charge >= 0.3 is 0 Å². The van der Waals surface area contributed by atoms with Crippen LogP contribution in [-0.4, -0.2) is 6.61 Å².